The summed E-state index contributed by atoms with van der Waals surface area (Å²) in [6.07, 6.45) is 0.963. The summed E-state index contributed by atoms with van der Waals surface area (Å²) < 4.78 is 0. The zero-order valence-corrected chi connectivity index (χ0v) is 22.3. The molecule has 0 aromatic heterocycles. The molecule has 1 heterocycles. The van der Waals surface area contributed by atoms with Crippen LogP contribution in [0.25, 0.3) is 0 Å². The SMILES string of the molecule is O=C(CCN(CCc1ccccc1)C(=O)Nc1ccc(Cl)cc1Cl)N1CCN(Cc2ccccc2)CC1. The van der Waals surface area contributed by atoms with Gasteiger partial charge in [-0.3, -0.25) is 9.69 Å². The van der Waals surface area contributed by atoms with E-state index in [0.717, 1.165) is 25.2 Å². The van der Waals surface area contributed by atoms with Crippen molar-refractivity contribution < 1.29 is 9.59 Å². The van der Waals surface area contributed by atoms with E-state index < -0.39 is 0 Å². The molecule has 3 amide bonds. The Morgan fingerprint density at radius 2 is 1.46 bits per heavy atom. The van der Waals surface area contributed by atoms with E-state index in [4.69, 9.17) is 23.2 Å². The Morgan fingerprint density at radius 1 is 0.811 bits per heavy atom. The van der Waals surface area contributed by atoms with Crippen LogP contribution in [-0.2, 0) is 17.8 Å². The number of carbonyl (C=O) groups is 2. The van der Waals surface area contributed by atoms with E-state index >= 15 is 0 Å². The lowest BCUT2D eigenvalue weighted by Crippen LogP contribution is -2.49. The summed E-state index contributed by atoms with van der Waals surface area (Å²) in [7, 11) is 0. The van der Waals surface area contributed by atoms with Gasteiger partial charge >= 0.3 is 6.03 Å². The predicted octanol–water partition coefficient (Wildman–Crippen LogP) is 5.80. The maximum atomic E-state index is 13.2. The van der Waals surface area contributed by atoms with Gasteiger partial charge in [-0.05, 0) is 35.7 Å². The molecule has 0 saturated carbocycles. The van der Waals surface area contributed by atoms with E-state index in [1.807, 2.05) is 41.3 Å². The van der Waals surface area contributed by atoms with Gasteiger partial charge in [0.15, 0.2) is 0 Å². The molecule has 1 aliphatic heterocycles. The minimum Gasteiger partial charge on any atom is -0.340 e. The first-order valence-electron chi connectivity index (χ1n) is 12.6. The summed E-state index contributed by atoms with van der Waals surface area (Å²) in [5.74, 6) is 0.0707. The molecule has 1 N–H and O–H groups in total. The van der Waals surface area contributed by atoms with E-state index in [1.54, 1.807) is 23.1 Å². The number of carbonyl (C=O) groups excluding carboxylic acids is 2. The van der Waals surface area contributed by atoms with Gasteiger partial charge in [0.25, 0.3) is 0 Å². The Labute approximate surface area is 228 Å². The minimum atomic E-state index is -0.291. The van der Waals surface area contributed by atoms with E-state index in [-0.39, 0.29) is 18.4 Å². The monoisotopic (exact) mass is 538 g/mol. The third-order valence-corrected chi connectivity index (χ3v) is 7.09. The highest BCUT2D eigenvalue weighted by molar-refractivity contribution is 6.36. The van der Waals surface area contributed by atoms with Gasteiger partial charge in [-0.25, -0.2) is 4.79 Å². The Kier molecular flexibility index (Phi) is 9.83. The molecular formula is C29H32Cl2N4O2. The second kappa shape index (κ2) is 13.5. The number of amides is 3. The van der Waals surface area contributed by atoms with Crippen molar-refractivity contribution in [2.24, 2.45) is 0 Å². The molecule has 3 aromatic rings. The lowest BCUT2D eigenvalue weighted by molar-refractivity contribution is -0.133. The summed E-state index contributed by atoms with van der Waals surface area (Å²) in [6, 6.07) is 25.0. The molecule has 0 aliphatic carbocycles. The number of hydrogen-bond acceptors (Lipinski definition) is 3. The van der Waals surface area contributed by atoms with Crippen LogP contribution in [0.3, 0.4) is 0 Å². The van der Waals surface area contributed by atoms with Gasteiger partial charge in [0.05, 0.1) is 10.7 Å². The first-order chi connectivity index (χ1) is 18.0. The van der Waals surface area contributed by atoms with Crippen molar-refractivity contribution in [1.82, 2.24) is 14.7 Å². The van der Waals surface area contributed by atoms with Crippen LogP contribution in [0.2, 0.25) is 10.0 Å². The number of nitrogens with zero attached hydrogens (tertiary/aromatic N) is 3. The summed E-state index contributed by atoms with van der Waals surface area (Å²) in [6.45, 7) is 4.78. The second-order valence-electron chi connectivity index (χ2n) is 9.17. The van der Waals surface area contributed by atoms with Crippen molar-refractivity contribution in [2.75, 3.05) is 44.6 Å². The number of piperazine rings is 1. The summed E-state index contributed by atoms with van der Waals surface area (Å²) in [5, 5.41) is 3.74. The fraction of sp³-hybridized carbons (Fsp3) is 0.310. The first-order valence-corrected chi connectivity index (χ1v) is 13.3. The first kappa shape index (κ1) is 27.0. The molecule has 0 atom stereocenters. The van der Waals surface area contributed by atoms with Crippen molar-refractivity contribution in [3.05, 3.63) is 100 Å². The van der Waals surface area contributed by atoms with Crippen molar-refractivity contribution in [3.8, 4) is 0 Å². The molecule has 1 aliphatic rings. The van der Waals surface area contributed by atoms with Crippen LogP contribution in [0.5, 0.6) is 0 Å². The molecule has 0 radical (unpaired) electrons. The Balaban J connectivity index is 1.32. The highest BCUT2D eigenvalue weighted by Gasteiger charge is 2.23. The van der Waals surface area contributed by atoms with Gasteiger partial charge in [0.1, 0.15) is 0 Å². The number of rotatable bonds is 9. The highest BCUT2D eigenvalue weighted by atomic mass is 35.5. The third-order valence-electron chi connectivity index (χ3n) is 6.54. The van der Waals surface area contributed by atoms with Crippen LogP contribution in [0.1, 0.15) is 17.5 Å². The molecule has 1 saturated heterocycles. The van der Waals surface area contributed by atoms with Gasteiger partial charge < -0.3 is 15.1 Å². The smallest absolute Gasteiger partial charge is 0.321 e. The molecular weight excluding hydrogens is 507 g/mol. The fourth-order valence-corrected chi connectivity index (χ4v) is 4.85. The van der Waals surface area contributed by atoms with Crippen LogP contribution >= 0.6 is 23.2 Å². The zero-order valence-electron chi connectivity index (χ0n) is 20.8. The molecule has 0 unspecified atom stereocenters. The quantitative estimate of drug-likeness (QED) is 0.374. The van der Waals surface area contributed by atoms with Crippen LogP contribution in [-0.4, -0.2) is 65.9 Å². The average Bonchev–Trinajstić information content (AvgIpc) is 2.91. The number of benzene rings is 3. The molecule has 6 nitrogen and oxygen atoms in total. The van der Waals surface area contributed by atoms with E-state index in [9.17, 15) is 9.59 Å². The number of hydrogen-bond donors (Lipinski definition) is 1. The van der Waals surface area contributed by atoms with Gasteiger partial charge in [0, 0.05) is 57.3 Å². The predicted molar refractivity (Wildman–Crippen MR) is 150 cm³/mol. The van der Waals surface area contributed by atoms with Gasteiger partial charge in [-0.1, -0.05) is 83.9 Å². The normalized spacial score (nSPS) is 13.8. The molecule has 8 heteroatoms. The van der Waals surface area contributed by atoms with Gasteiger partial charge in [-0.15, -0.1) is 0 Å². The highest BCUT2D eigenvalue weighted by Crippen LogP contribution is 2.25. The zero-order chi connectivity index (χ0) is 26.0. The third kappa shape index (κ3) is 8.22. The number of urea groups is 1. The molecule has 37 heavy (non-hydrogen) atoms. The van der Waals surface area contributed by atoms with E-state index in [2.05, 4.69) is 34.5 Å². The summed E-state index contributed by atoms with van der Waals surface area (Å²) >= 11 is 12.2. The van der Waals surface area contributed by atoms with E-state index in [0.29, 0.717) is 48.3 Å². The Morgan fingerprint density at radius 3 is 2.11 bits per heavy atom. The number of nitrogens with one attached hydrogen (secondary N) is 1. The van der Waals surface area contributed by atoms with E-state index in [1.165, 1.54) is 5.56 Å². The van der Waals surface area contributed by atoms with Crippen LogP contribution in [0.15, 0.2) is 78.9 Å². The lowest BCUT2D eigenvalue weighted by atomic mass is 10.1. The van der Waals surface area contributed by atoms with Gasteiger partial charge in [0.2, 0.25) is 5.91 Å². The Hall–Kier alpha value is -3.06. The largest absolute Gasteiger partial charge is 0.340 e. The van der Waals surface area contributed by atoms with Gasteiger partial charge in [-0.2, -0.15) is 0 Å². The number of halogens is 2. The topological polar surface area (TPSA) is 55.9 Å². The maximum Gasteiger partial charge on any atom is 0.321 e. The van der Waals surface area contributed by atoms with Crippen LogP contribution in [0.4, 0.5) is 10.5 Å². The van der Waals surface area contributed by atoms with Crippen LogP contribution < -0.4 is 5.32 Å². The van der Waals surface area contributed by atoms with Crippen molar-refractivity contribution in [1.29, 1.82) is 0 Å². The van der Waals surface area contributed by atoms with Crippen LogP contribution in [0, 0.1) is 0 Å². The molecule has 4 rings (SSSR count). The minimum absolute atomic E-state index is 0.0707. The maximum absolute atomic E-state index is 13.2. The molecule has 0 bridgehead atoms. The lowest BCUT2D eigenvalue weighted by Gasteiger charge is -2.35. The van der Waals surface area contributed by atoms with Crippen molar-refractivity contribution in [3.63, 3.8) is 0 Å². The molecule has 0 spiro atoms. The number of anilines is 1. The molecule has 194 valence electrons. The fourth-order valence-electron chi connectivity index (χ4n) is 4.39. The standard InChI is InChI=1S/C29H32Cl2N4O2/c30-25-11-12-27(26(31)21-25)32-29(37)35(15-13-23-7-3-1-4-8-23)16-14-28(36)34-19-17-33(18-20-34)22-24-9-5-2-6-10-24/h1-12,21H,13-20,22H2,(H,32,37). The summed E-state index contributed by atoms with van der Waals surface area (Å²) in [5.41, 5.74) is 2.90. The van der Waals surface area contributed by atoms with Crippen molar-refractivity contribution >= 4 is 40.8 Å². The summed E-state index contributed by atoms with van der Waals surface area (Å²) in [4.78, 5) is 32.2. The average molecular weight is 540 g/mol. The molecule has 1 fully saturated rings. The molecule has 3 aromatic carbocycles. The second-order valence-corrected chi connectivity index (χ2v) is 10.0. The Bertz CT molecular complexity index is 1170. The van der Waals surface area contributed by atoms with Crippen molar-refractivity contribution in [2.45, 2.75) is 19.4 Å².